The minimum absolute atomic E-state index is 0.0605. The van der Waals surface area contributed by atoms with Gasteiger partial charge in [0.25, 0.3) is 12.3 Å². The van der Waals surface area contributed by atoms with Gasteiger partial charge in [0.05, 0.1) is 38.2 Å². The highest BCUT2D eigenvalue weighted by atomic mass is 35.5. The molecule has 3 heterocycles. The van der Waals surface area contributed by atoms with Gasteiger partial charge in [-0.15, -0.1) is 0 Å². The number of rotatable bonds is 14. The normalized spacial score (nSPS) is 19.5. The van der Waals surface area contributed by atoms with Crippen LogP contribution in [-0.2, 0) is 50.1 Å². The first-order chi connectivity index (χ1) is 31.3. The van der Waals surface area contributed by atoms with E-state index in [0.717, 1.165) is 12.1 Å². The second-order valence-corrected chi connectivity index (χ2v) is 22.8. The highest BCUT2D eigenvalue weighted by Gasteiger charge is 2.67. The van der Waals surface area contributed by atoms with Crippen molar-refractivity contribution in [1.29, 1.82) is 0 Å². The Bertz CT molecular complexity index is 3160. The number of fused-ring (bicyclic) bond motifs is 4. The van der Waals surface area contributed by atoms with E-state index in [1.807, 2.05) is 0 Å². The number of hydrogen-bond acceptors (Lipinski definition) is 8. The van der Waals surface area contributed by atoms with Crippen LogP contribution in [0, 0.1) is 29.4 Å². The fourth-order valence-electron chi connectivity index (χ4n) is 8.70. The van der Waals surface area contributed by atoms with Gasteiger partial charge in [-0.3, -0.25) is 18.9 Å². The number of aromatic nitrogens is 5. The maximum Gasteiger partial charge on any atom is 0.408 e. The van der Waals surface area contributed by atoms with Crippen LogP contribution in [0.4, 0.5) is 45.3 Å². The summed E-state index contributed by atoms with van der Waals surface area (Å²) in [6.45, 7) is -0.0919. The van der Waals surface area contributed by atoms with Crippen molar-refractivity contribution in [1.82, 2.24) is 29.9 Å². The number of benzene rings is 2. The number of nitrogens with one attached hydrogen (secondary N) is 2. The molecule has 12 nitrogen and oxygen atoms in total. The molecule has 24 heteroatoms. The Hall–Kier alpha value is -5.34. The molecule has 3 fully saturated rings. The Balaban J connectivity index is 1.22. The first-order valence-corrected chi connectivity index (χ1v) is 24.3. The molecule has 1 amide bonds. The molecule has 0 saturated heterocycles. The lowest BCUT2D eigenvalue weighted by atomic mass is 9.93. The van der Waals surface area contributed by atoms with Crippen LogP contribution in [0.5, 0.6) is 0 Å². The monoisotopic (exact) mass is 1000 g/mol. The summed E-state index contributed by atoms with van der Waals surface area (Å²) in [5.41, 5.74) is -3.37. The lowest BCUT2D eigenvalue weighted by Gasteiger charge is -2.23. The zero-order valence-corrected chi connectivity index (χ0v) is 37.4. The van der Waals surface area contributed by atoms with Gasteiger partial charge in [-0.05, 0) is 100 Å². The van der Waals surface area contributed by atoms with Gasteiger partial charge in [0.2, 0.25) is 15.9 Å². The van der Waals surface area contributed by atoms with Gasteiger partial charge in [0, 0.05) is 28.7 Å². The first-order valence-electron chi connectivity index (χ1n) is 20.8. The molecule has 9 rings (SSSR count). The van der Waals surface area contributed by atoms with E-state index in [9.17, 15) is 52.4 Å². The molecule has 2 aromatic carbocycles. The predicted octanol–water partition coefficient (Wildman–Crippen LogP) is 8.65. The fraction of sp³-hybridized carbons (Fsp3) is 0.442. The molecule has 0 aliphatic heterocycles. The average Bonchev–Trinajstić information content (AvgIpc) is 4.10. The maximum atomic E-state index is 15.5. The van der Waals surface area contributed by atoms with Crippen LogP contribution in [0.15, 0.2) is 42.5 Å². The van der Waals surface area contributed by atoms with E-state index in [1.54, 1.807) is 0 Å². The largest absolute Gasteiger partial charge is 0.408 e. The standard InChI is InChI=1S/C43H37ClF9N7O5S2/c1-41(2,66(62,63)24-4-5-24)12-11-23-3-8-26(27-9-10-30(44)34-37(27)60(19-42(49,50)51)57-40(34)58-67(64,65)25-6-7-25)35(54-23)31(15-20-13-21(45)16-22(46)14-20)55-32(61)18-59-38-33(36(56-59)39(47)48)28-17-29(28)43(38,52)53/h3,8-10,13-14,16,24-25,28-29,31,39H,4-7,15,17-19H2,1-2H3,(H,55,61)(H,57,58)/t28-,29?,31-/m0/s1. The van der Waals surface area contributed by atoms with Gasteiger partial charge in [0.1, 0.15) is 46.6 Å². The molecule has 1 unspecified atom stereocenters. The van der Waals surface area contributed by atoms with Crippen molar-refractivity contribution in [2.75, 3.05) is 4.72 Å². The number of pyridine rings is 1. The van der Waals surface area contributed by atoms with Crippen molar-refractivity contribution in [3.05, 3.63) is 93.0 Å². The van der Waals surface area contributed by atoms with E-state index in [4.69, 9.17) is 11.6 Å². The lowest BCUT2D eigenvalue weighted by Crippen LogP contribution is -2.35. The summed E-state index contributed by atoms with van der Waals surface area (Å²) in [5, 5.41) is 8.29. The minimum atomic E-state index is -4.95. The van der Waals surface area contributed by atoms with Gasteiger partial charge < -0.3 is 5.32 Å². The number of hydrogen-bond donors (Lipinski definition) is 2. The fourth-order valence-corrected chi connectivity index (χ4v) is 12.1. The summed E-state index contributed by atoms with van der Waals surface area (Å²) < 4.78 is 186. The Morgan fingerprint density at radius 2 is 1.58 bits per heavy atom. The van der Waals surface area contributed by atoms with Crippen LogP contribution >= 0.6 is 11.6 Å². The third kappa shape index (κ3) is 8.84. The second kappa shape index (κ2) is 16.1. The number of carbonyl (C=O) groups excluding carboxylic acids is 1. The Kier molecular flexibility index (Phi) is 11.3. The van der Waals surface area contributed by atoms with Crippen molar-refractivity contribution in [3.63, 3.8) is 0 Å². The second-order valence-electron chi connectivity index (χ2n) is 17.7. The van der Waals surface area contributed by atoms with Crippen molar-refractivity contribution in [2.24, 2.45) is 5.92 Å². The van der Waals surface area contributed by atoms with Gasteiger partial charge in [-0.1, -0.05) is 23.6 Å². The topological polar surface area (TPSA) is 158 Å². The SMILES string of the molecule is CC(C)(C#Cc1ccc(-c2ccc(Cl)c3c(NS(=O)(=O)C4CC4)nn(CC(F)(F)F)c23)c([C@H](Cc2cc(F)cc(F)c2)NC(=O)Cn2nc(C(F)F)c3c2C(F)(F)C2C[C@H]32)n1)S(=O)(=O)C1CC1. The van der Waals surface area contributed by atoms with Crippen LogP contribution in [0.3, 0.4) is 0 Å². The Labute approximate surface area is 381 Å². The number of sulfone groups is 1. The number of halogens is 10. The highest BCUT2D eigenvalue weighted by molar-refractivity contribution is 7.94. The number of anilines is 1. The van der Waals surface area contributed by atoms with Crippen LogP contribution in [-0.4, -0.2) is 68.7 Å². The highest BCUT2D eigenvalue weighted by Crippen LogP contribution is 2.68. The Morgan fingerprint density at radius 1 is 0.925 bits per heavy atom. The summed E-state index contributed by atoms with van der Waals surface area (Å²) in [6.07, 6.45) is -7.42. The van der Waals surface area contributed by atoms with E-state index in [1.165, 1.54) is 38.1 Å². The summed E-state index contributed by atoms with van der Waals surface area (Å²) in [6, 6.07) is 5.80. The molecule has 3 saturated carbocycles. The molecule has 5 aromatic rings. The van der Waals surface area contributed by atoms with Crippen molar-refractivity contribution < 1.29 is 61.1 Å². The van der Waals surface area contributed by atoms with Gasteiger partial charge in [-0.2, -0.15) is 32.1 Å². The zero-order valence-electron chi connectivity index (χ0n) is 35.0. The van der Waals surface area contributed by atoms with Gasteiger partial charge in [0.15, 0.2) is 15.7 Å². The quantitative estimate of drug-likeness (QED) is 0.0827. The van der Waals surface area contributed by atoms with E-state index >= 15 is 8.78 Å². The molecular weight excluding hydrogens is 965 g/mol. The third-order valence-electron chi connectivity index (χ3n) is 12.2. The van der Waals surface area contributed by atoms with E-state index < -0.39 is 126 Å². The van der Waals surface area contributed by atoms with Crippen LogP contribution in [0.1, 0.15) is 98.2 Å². The molecule has 2 N–H and O–H groups in total. The molecular formula is C43H37ClF9N7O5S2. The number of nitrogens with zero attached hydrogens (tertiary/aromatic N) is 5. The minimum Gasteiger partial charge on any atom is -0.346 e. The van der Waals surface area contributed by atoms with Crippen LogP contribution in [0.25, 0.3) is 22.0 Å². The summed E-state index contributed by atoms with van der Waals surface area (Å²) >= 11 is 6.59. The first kappa shape index (κ1) is 46.8. The van der Waals surface area contributed by atoms with E-state index in [2.05, 4.69) is 37.1 Å². The molecule has 0 spiro atoms. The van der Waals surface area contributed by atoms with E-state index in [0.29, 0.717) is 28.3 Å². The molecule has 3 aromatic heterocycles. The maximum absolute atomic E-state index is 15.5. The van der Waals surface area contributed by atoms with Gasteiger partial charge >= 0.3 is 6.18 Å². The summed E-state index contributed by atoms with van der Waals surface area (Å²) in [5.74, 6) is -4.17. The number of amides is 1. The number of sulfonamides is 1. The zero-order chi connectivity index (χ0) is 48.3. The molecule has 356 valence electrons. The van der Waals surface area contributed by atoms with Crippen LogP contribution < -0.4 is 10.0 Å². The molecule has 0 radical (unpaired) electrons. The number of alkyl halides is 7. The van der Waals surface area contributed by atoms with Crippen molar-refractivity contribution in [2.45, 2.75) is 111 Å². The molecule has 4 aliphatic carbocycles. The van der Waals surface area contributed by atoms with Crippen LogP contribution in [0.2, 0.25) is 5.02 Å². The molecule has 0 bridgehead atoms. The van der Waals surface area contributed by atoms with Crippen molar-refractivity contribution in [3.8, 4) is 23.0 Å². The third-order valence-corrected chi connectivity index (χ3v) is 17.3. The average molecular weight is 1000 g/mol. The predicted molar refractivity (Wildman–Crippen MR) is 225 cm³/mol. The summed E-state index contributed by atoms with van der Waals surface area (Å²) in [7, 11) is -7.94. The van der Waals surface area contributed by atoms with Gasteiger partial charge in [-0.25, -0.2) is 39.4 Å². The number of carbonyl (C=O) groups is 1. The van der Waals surface area contributed by atoms with E-state index in [-0.39, 0.29) is 68.8 Å². The van der Waals surface area contributed by atoms with Crippen molar-refractivity contribution >= 4 is 54.1 Å². The Morgan fingerprint density at radius 3 is 2.21 bits per heavy atom. The molecule has 3 atom stereocenters. The smallest absolute Gasteiger partial charge is 0.346 e. The summed E-state index contributed by atoms with van der Waals surface area (Å²) in [4.78, 5) is 18.8. The molecule has 67 heavy (non-hydrogen) atoms. The lowest BCUT2D eigenvalue weighted by molar-refractivity contribution is -0.141. The molecule has 4 aliphatic rings.